The zero-order valence-electron chi connectivity index (χ0n) is 16.5. The van der Waals surface area contributed by atoms with Crippen LogP contribution in [0.25, 0.3) is 0 Å². The van der Waals surface area contributed by atoms with E-state index >= 15 is 0 Å². The van der Waals surface area contributed by atoms with E-state index in [9.17, 15) is 13.6 Å². The predicted molar refractivity (Wildman–Crippen MR) is 103 cm³/mol. The second-order valence-corrected chi connectivity index (χ2v) is 8.56. The zero-order chi connectivity index (χ0) is 19.7. The Labute approximate surface area is 165 Å². The third kappa shape index (κ3) is 3.79. The summed E-state index contributed by atoms with van der Waals surface area (Å²) < 4.78 is 33.9. The molecule has 6 heteroatoms. The van der Waals surface area contributed by atoms with Gasteiger partial charge in [0.15, 0.2) is 0 Å². The lowest BCUT2D eigenvalue weighted by Crippen LogP contribution is -2.44. The normalized spacial score (nSPS) is 22.2. The number of aryl methyl sites for hydroxylation is 1. The van der Waals surface area contributed by atoms with E-state index in [1.165, 1.54) is 17.7 Å². The van der Waals surface area contributed by atoms with Gasteiger partial charge < -0.3 is 9.64 Å². The Bertz CT molecular complexity index is 785. The SMILES string of the molecule is Cc1ccc(F)c(C(=O)N2CCC3(CCN(CC4=COCCC4)C3)CC2)c1F. The zero-order valence-corrected chi connectivity index (χ0v) is 16.5. The number of rotatable bonds is 3. The predicted octanol–water partition coefficient (Wildman–Crippen LogP) is 3.90. The Kier molecular flexibility index (Phi) is 5.41. The van der Waals surface area contributed by atoms with Crippen molar-refractivity contribution < 1.29 is 18.3 Å². The Balaban J connectivity index is 1.37. The molecule has 0 saturated carbocycles. The van der Waals surface area contributed by atoms with Crippen LogP contribution < -0.4 is 0 Å². The number of likely N-dealkylation sites (tertiary alicyclic amines) is 2. The molecule has 0 aliphatic carbocycles. The molecule has 1 aromatic carbocycles. The molecular weight excluding hydrogens is 362 g/mol. The summed E-state index contributed by atoms with van der Waals surface area (Å²) in [6.07, 6.45) is 7.02. The molecule has 0 atom stereocenters. The van der Waals surface area contributed by atoms with E-state index in [2.05, 4.69) is 4.90 Å². The molecule has 0 bridgehead atoms. The molecular formula is C22H28F2N2O2. The van der Waals surface area contributed by atoms with E-state index in [0.29, 0.717) is 18.7 Å². The number of hydrogen-bond acceptors (Lipinski definition) is 3. The van der Waals surface area contributed by atoms with Crippen molar-refractivity contribution in [2.75, 3.05) is 39.3 Å². The fourth-order valence-electron chi connectivity index (χ4n) is 4.79. The summed E-state index contributed by atoms with van der Waals surface area (Å²) in [5.74, 6) is -2.03. The highest BCUT2D eigenvalue weighted by Gasteiger charge is 2.42. The summed E-state index contributed by atoms with van der Waals surface area (Å²) >= 11 is 0. The van der Waals surface area contributed by atoms with Crippen LogP contribution in [0.2, 0.25) is 0 Å². The highest BCUT2D eigenvalue weighted by molar-refractivity contribution is 5.95. The van der Waals surface area contributed by atoms with Crippen LogP contribution in [0.5, 0.6) is 0 Å². The first-order valence-corrected chi connectivity index (χ1v) is 10.2. The largest absolute Gasteiger partial charge is 0.501 e. The molecule has 0 unspecified atom stereocenters. The van der Waals surface area contributed by atoms with E-state index in [4.69, 9.17) is 4.74 Å². The Morgan fingerprint density at radius 2 is 1.93 bits per heavy atom. The maximum absolute atomic E-state index is 14.3. The first kappa shape index (κ1) is 19.4. The third-order valence-electron chi connectivity index (χ3n) is 6.56. The minimum absolute atomic E-state index is 0.219. The van der Waals surface area contributed by atoms with Gasteiger partial charge in [0, 0.05) is 26.2 Å². The Morgan fingerprint density at radius 1 is 1.18 bits per heavy atom. The molecule has 1 amide bonds. The van der Waals surface area contributed by atoms with Crippen molar-refractivity contribution in [3.05, 3.63) is 46.7 Å². The number of carbonyl (C=O) groups is 1. The molecule has 2 fully saturated rings. The first-order chi connectivity index (χ1) is 13.5. The van der Waals surface area contributed by atoms with Gasteiger partial charge in [-0.05, 0) is 68.2 Å². The highest BCUT2D eigenvalue weighted by Crippen LogP contribution is 2.41. The fraction of sp³-hybridized carbons (Fsp3) is 0.591. The van der Waals surface area contributed by atoms with Crippen molar-refractivity contribution in [2.45, 2.75) is 39.0 Å². The van der Waals surface area contributed by atoms with Gasteiger partial charge in [0.1, 0.15) is 17.2 Å². The molecule has 0 aromatic heterocycles. The second kappa shape index (κ2) is 7.82. The molecule has 4 nitrogen and oxygen atoms in total. The van der Waals surface area contributed by atoms with Crippen molar-refractivity contribution in [3.8, 4) is 0 Å². The summed E-state index contributed by atoms with van der Waals surface area (Å²) in [6.45, 7) is 6.54. The van der Waals surface area contributed by atoms with Crippen molar-refractivity contribution >= 4 is 5.91 Å². The molecule has 28 heavy (non-hydrogen) atoms. The van der Waals surface area contributed by atoms with E-state index in [1.807, 2.05) is 6.26 Å². The van der Waals surface area contributed by atoms with Gasteiger partial charge in [-0.25, -0.2) is 8.78 Å². The van der Waals surface area contributed by atoms with E-state index in [1.54, 1.807) is 11.8 Å². The Morgan fingerprint density at radius 3 is 2.64 bits per heavy atom. The van der Waals surface area contributed by atoms with Crippen LogP contribution in [-0.4, -0.2) is 55.0 Å². The minimum atomic E-state index is -0.775. The molecule has 3 aliphatic heterocycles. The van der Waals surface area contributed by atoms with Crippen LogP contribution >= 0.6 is 0 Å². The maximum Gasteiger partial charge on any atom is 0.259 e. The fourth-order valence-corrected chi connectivity index (χ4v) is 4.79. The van der Waals surface area contributed by atoms with E-state index in [0.717, 1.165) is 58.3 Å². The quantitative estimate of drug-likeness (QED) is 0.785. The minimum Gasteiger partial charge on any atom is -0.501 e. The first-order valence-electron chi connectivity index (χ1n) is 10.2. The van der Waals surface area contributed by atoms with Gasteiger partial charge in [-0.3, -0.25) is 9.69 Å². The van der Waals surface area contributed by atoms with E-state index < -0.39 is 23.1 Å². The van der Waals surface area contributed by atoms with E-state index in [-0.39, 0.29) is 5.41 Å². The number of piperidine rings is 1. The van der Waals surface area contributed by atoms with Gasteiger partial charge in [0.25, 0.3) is 5.91 Å². The van der Waals surface area contributed by atoms with Crippen LogP contribution in [0.1, 0.15) is 48.0 Å². The van der Waals surface area contributed by atoms with Crippen molar-refractivity contribution in [1.82, 2.24) is 9.80 Å². The van der Waals surface area contributed by atoms with Crippen molar-refractivity contribution in [2.24, 2.45) is 5.41 Å². The van der Waals surface area contributed by atoms with Gasteiger partial charge >= 0.3 is 0 Å². The van der Waals surface area contributed by atoms with Gasteiger partial charge in [-0.15, -0.1) is 0 Å². The average Bonchev–Trinajstić information content (AvgIpc) is 3.08. The number of nitrogens with zero attached hydrogens (tertiary/aromatic N) is 2. The molecule has 1 spiro atoms. The number of carbonyl (C=O) groups excluding carboxylic acids is 1. The molecule has 3 heterocycles. The smallest absolute Gasteiger partial charge is 0.259 e. The van der Waals surface area contributed by atoms with Gasteiger partial charge in [0.05, 0.1) is 12.9 Å². The number of ether oxygens (including phenoxy) is 1. The van der Waals surface area contributed by atoms with Crippen molar-refractivity contribution in [1.29, 1.82) is 0 Å². The Hall–Kier alpha value is -1.95. The number of amides is 1. The maximum atomic E-state index is 14.3. The standard InChI is InChI=1S/C22H28F2N2O2/c1-16-4-5-18(23)19(20(16)24)21(27)26-10-7-22(8-11-26)6-9-25(15-22)13-17-3-2-12-28-14-17/h4-5,14H,2-3,6-13,15H2,1H3. The number of halogens is 2. The van der Waals surface area contributed by atoms with Crippen LogP contribution in [0.3, 0.4) is 0 Å². The molecule has 2 saturated heterocycles. The summed E-state index contributed by atoms with van der Waals surface area (Å²) in [5, 5.41) is 0. The number of hydrogen-bond donors (Lipinski definition) is 0. The molecule has 152 valence electrons. The lowest BCUT2D eigenvalue weighted by Gasteiger charge is -2.39. The van der Waals surface area contributed by atoms with Crippen LogP contribution in [0.4, 0.5) is 8.78 Å². The lowest BCUT2D eigenvalue weighted by atomic mass is 9.77. The third-order valence-corrected chi connectivity index (χ3v) is 6.56. The van der Waals surface area contributed by atoms with Gasteiger partial charge in [-0.2, -0.15) is 0 Å². The summed E-state index contributed by atoms with van der Waals surface area (Å²) in [6, 6.07) is 2.54. The second-order valence-electron chi connectivity index (χ2n) is 8.56. The summed E-state index contributed by atoms with van der Waals surface area (Å²) in [5.41, 5.74) is 1.47. The molecule has 0 radical (unpaired) electrons. The summed E-state index contributed by atoms with van der Waals surface area (Å²) in [7, 11) is 0. The molecule has 4 rings (SSSR count). The number of benzene rings is 1. The summed E-state index contributed by atoms with van der Waals surface area (Å²) in [4.78, 5) is 16.8. The molecule has 0 N–H and O–H groups in total. The van der Waals surface area contributed by atoms with Crippen LogP contribution in [0, 0.1) is 24.0 Å². The monoisotopic (exact) mass is 390 g/mol. The molecule has 3 aliphatic rings. The average molecular weight is 390 g/mol. The van der Waals surface area contributed by atoms with Gasteiger partial charge in [-0.1, -0.05) is 6.07 Å². The lowest BCUT2D eigenvalue weighted by molar-refractivity contribution is 0.0581. The van der Waals surface area contributed by atoms with Crippen molar-refractivity contribution in [3.63, 3.8) is 0 Å². The van der Waals surface area contributed by atoms with Crippen LogP contribution in [0.15, 0.2) is 24.0 Å². The molecule has 1 aromatic rings. The highest BCUT2D eigenvalue weighted by atomic mass is 19.1. The topological polar surface area (TPSA) is 32.8 Å². The van der Waals surface area contributed by atoms with Crippen LogP contribution in [-0.2, 0) is 4.74 Å². The van der Waals surface area contributed by atoms with Gasteiger partial charge in [0.2, 0.25) is 0 Å².